The lowest BCUT2D eigenvalue weighted by Gasteiger charge is -2.41. The molecule has 18 heavy (non-hydrogen) atoms. The standard InChI is InChI=1S/C15H26N2S/c1-3-17(14-7-5-4-6-8-14)15(12(2)16)13-9-10-18-11-13/h9-12,14-15H,3-8,16H2,1-2H3. The third-order valence-electron chi connectivity index (χ3n) is 4.15. The molecule has 0 saturated heterocycles. The highest BCUT2D eigenvalue weighted by molar-refractivity contribution is 7.07. The van der Waals surface area contributed by atoms with Crippen LogP contribution in [0.2, 0.25) is 0 Å². The van der Waals surface area contributed by atoms with E-state index < -0.39 is 0 Å². The van der Waals surface area contributed by atoms with Crippen molar-refractivity contribution in [2.75, 3.05) is 6.54 Å². The van der Waals surface area contributed by atoms with Gasteiger partial charge in [-0.1, -0.05) is 26.2 Å². The van der Waals surface area contributed by atoms with Crippen LogP contribution in [0.25, 0.3) is 0 Å². The molecular formula is C15H26N2S. The van der Waals surface area contributed by atoms with Crippen LogP contribution in [0.4, 0.5) is 0 Å². The van der Waals surface area contributed by atoms with Crippen molar-refractivity contribution in [3.8, 4) is 0 Å². The fourth-order valence-electron chi connectivity index (χ4n) is 3.34. The average Bonchev–Trinajstić information content (AvgIpc) is 2.89. The lowest BCUT2D eigenvalue weighted by atomic mass is 9.91. The smallest absolute Gasteiger partial charge is 0.0507 e. The molecule has 3 heteroatoms. The first-order valence-corrected chi connectivity index (χ1v) is 8.21. The van der Waals surface area contributed by atoms with Gasteiger partial charge in [0.15, 0.2) is 0 Å². The zero-order valence-electron chi connectivity index (χ0n) is 11.6. The maximum absolute atomic E-state index is 6.27. The molecule has 2 atom stereocenters. The van der Waals surface area contributed by atoms with E-state index in [1.165, 1.54) is 37.7 Å². The molecule has 0 radical (unpaired) electrons. The van der Waals surface area contributed by atoms with Gasteiger partial charge in [0.25, 0.3) is 0 Å². The van der Waals surface area contributed by atoms with E-state index in [9.17, 15) is 0 Å². The van der Waals surface area contributed by atoms with Crippen LogP contribution in [0.3, 0.4) is 0 Å². The molecule has 1 aromatic rings. The van der Waals surface area contributed by atoms with Gasteiger partial charge in [0.2, 0.25) is 0 Å². The second kappa shape index (κ2) is 6.69. The molecule has 0 bridgehead atoms. The monoisotopic (exact) mass is 266 g/mol. The molecule has 1 heterocycles. The molecule has 1 fully saturated rings. The van der Waals surface area contributed by atoms with Crippen molar-refractivity contribution in [3.63, 3.8) is 0 Å². The number of hydrogen-bond acceptors (Lipinski definition) is 3. The lowest BCUT2D eigenvalue weighted by Crippen LogP contribution is -2.45. The second-order valence-electron chi connectivity index (χ2n) is 5.48. The summed E-state index contributed by atoms with van der Waals surface area (Å²) in [6, 6.07) is 3.56. The second-order valence-corrected chi connectivity index (χ2v) is 6.26. The third kappa shape index (κ3) is 3.14. The van der Waals surface area contributed by atoms with Gasteiger partial charge >= 0.3 is 0 Å². The number of likely N-dealkylation sites (N-methyl/N-ethyl adjacent to an activating group) is 1. The Labute approximate surface area is 115 Å². The van der Waals surface area contributed by atoms with Crippen LogP contribution < -0.4 is 5.73 Å². The summed E-state index contributed by atoms with van der Waals surface area (Å²) in [7, 11) is 0. The first kappa shape index (κ1) is 14.0. The fraction of sp³-hybridized carbons (Fsp3) is 0.733. The van der Waals surface area contributed by atoms with Crippen LogP contribution in [-0.4, -0.2) is 23.5 Å². The van der Waals surface area contributed by atoms with Gasteiger partial charge in [0, 0.05) is 12.1 Å². The Balaban J connectivity index is 2.16. The molecule has 2 N–H and O–H groups in total. The average molecular weight is 266 g/mol. The maximum atomic E-state index is 6.27. The van der Waals surface area contributed by atoms with E-state index in [0.717, 1.165) is 12.6 Å². The van der Waals surface area contributed by atoms with E-state index in [1.54, 1.807) is 11.3 Å². The number of rotatable bonds is 5. The highest BCUT2D eigenvalue weighted by atomic mass is 32.1. The highest BCUT2D eigenvalue weighted by Gasteiger charge is 2.29. The van der Waals surface area contributed by atoms with Gasteiger partial charge in [0.05, 0.1) is 6.04 Å². The van der Waals surface area contributed by atoms with E-state index in [2.05, 4.69) is 35.6 Å². The predicted molar refractivity (Wildman–Crippen MR) is 80.0 cm³/mol. The van der Waals surface area contributed by atoms with Crippen molar-refractivity contribution >= 4 is 11.3 Å². The molecule has 0 amide bonds. The van der Waals surface area contributed by atoms with Crippen molar-refractivity contribution in [3.05, 3.63) is 22.4 Å². The number of hydrogen-bond donors (Lipinski definition) is 1. The van der Waals surface area contributed by atoms with E-state index in [-0.39, 0.29) is 6.04 Å². The fourth-order valence-corrected chi connectivity index (χ4v) is 4.02. The molecule has 1 aliphatic carbocycles. The first-order chi connectivity index (χ1) is 8.74. The first-order valence-electron chi connectivity index (χ1n) is 7.27. The van der Waals surface area contributed by atoms with Gasteiger partial charge in [-0.05, 0) is 48.7 Å². The van der Waals surface area contributed by atoms with Crippen molar-refractivity contribution in [1.29, 1.82) is 0 Å². The van der Waals surface area contributed by atoms with E-state index in [0.29, 0.717) is 6.04 Å². The molecule has 1 aromatic heterocycles. The van der Waals surface area contributed by atoms with Crippen LogP contribution in [0.15, 0.2) is 16.8 Å². The van der Waals surface area contributed by atoms with Crippen molar-refractivity contribution in [2.45, 2.75) is 64.1 Å². The molecule has 2 rings (SSSR count). The summed E-state index contributed by atoms with van der Waals surface area (Å²) in [5.41, 5.74) is 7.68. The minimum Gasteiger partial charge on any atom is -0.326 e. The van der Waals surface area contributed by atoms with Crippen molar-refractivity contribution in [1.82, 2.24) is 4.90 Å². The normalized spacial score (nSPS) is 21.1. The summed E-state index contributed by atoms with van der Waals surface area (Å²) in [5, 5.41) is 4.43. The minimum absolute atomic E-state index is 0.196. The molecule has 0 spiro atoms. The molecular weight excluding hydrogens is 240 g/mol. The Kier molecular flexibility index (Phi) is 5.22. The summed E-state index contributed by atoms with van der Waals surface area (Å²) in [6.45, 7) is 5.52. The van der Waals surface area contributed by atoms with Gasteiger partial charge in [-0.3, -0.25) is 4.90 Å². The zero-order chi connectivity index (χ0) is 13.0. The SMILES string of the molecule is CCN(C1CCCCC1)C(c1ccsc1)C(C)N. The van der Waals surface area contributed by atoms with Crippen LogP contribution >= 0.6 is 11.3 Å². The largest absolute Gasteiger partial charge is 0.326 e. The van der Waals surface area contributed by atoms with Gasteiger partial charge in [-0.2, -0.15) is 11.3 Å². The summed E-state index contributed by atoms with van der Waals surface area (Å²) in [4.78, 5) is 2.64. The predicted octanol–water partition coefficient (Wildman–Crippen LogP) is 3.79. The third-order valence-corrected chi connectivity index (χ3v) is 4.85. The summed E-state index contributed by atoms with van der Waals surface area (Å²) >= 11 is 1.78. The van der Waals surface area contributed by atoms with Gasteiger partial charge in [0.1, 0.15) is 0 Å². The quantitative estimate of drug-likeness (QED) is 0.878. The van der Waals surface area contributed by atoms with Gasteiger partial charge < -0.3 is 5.73 Å². The van der Waals surface area contributed by atoms with Gasteiger partial charge in [-0.15, -0.1) is 0 Å². The number of nitrogens with zero attached hydrogens (tertiary/aromatic N) is 1. The Morgan fingerprint density at radius 3 is 2.61 bits per heavy atom. The molecule has 2 unspecified atom stereocenters. The van der Waals surface area contributed by atoms with Crippen LogP contribution in [-0.2, 0) is 0 Å². The molecule has 1 aliphatic rings. The lowest BCUT2D eigenvalue weighted by molar-refractivity contribution is 0.0977. The Morgan fingerprint density at radius 2 is 2.11 bits per heavy atom. The Hall–Kier alpha value is -0.380. The number of nitrogens with two attached hydrogens (primary N) is 1. The molecule has 0 aromatic carbocycles. The van der Waals surface area contributed by atoms with Crippen molar-refractivity contribution < 1.29 is 0 Å². The minimum atomic E-state index is 0.196. The Morgan fingerprint density at radius 1 is 1.39 bits per heavy atom. The topological polar surface area (TPSA) is 29.3 Å². The zero-order valence-corrected chi connectivity index (χ0v) is 12.5. The highest BCUT2D eigenvalue weighted by Crippen LogP contribution is 2.32. The summed E-state index contributed by atoms with van der Waals surface area (Å²) < 4.78 is 0. The molecule has 102 valence electrons. The van der Waals surface area contributed by atoms with Crippen LogP contribution in [0.5, 0.6) is 0 Å². The van der Waals surface area contributed by atoms with Crippen LogP contribution in [0.1, 0.15) is 57.6 Å². The Bertz CT molecular complexity index is 328. The maximum Gasteiger partial charge on any atom is 0.0507 e. The van der Waals surface area contributed by atoms with E-state index in [1.807, 2.05) is 0 Å². The van der Waals surface area contributed by atoms with E-state index >= 15 is 0 Å². The number of thiophene rings is 1. The molecule has 1 saturated carbocycles. The summed E-state index contributed by atoms with van der Waals surface area (Å²) in [5.74, 6) is 0. The van der Waals surface area contributed by atoms with Crippen LogP contribution in [0, 0.1) is 0 Å². The molecule has 0 aliphatic heterocycles. The van der Waals surface area contributed by atoms with E-state index in [4.69, 9.17) is 5.73 Å². The van der Waals surface area contributed by atoms with Crippen molar-refractivity contribution in [2.24, 2.45) is 5.73 Å². The van der Waals surface area contributed by atoms with Gasteiger partial charge in [-0.25, -0.2) is 0 Å². The molecule has 2 nitrogen and oxygen atoms in total. The summed E-state index contributed by atoms with van der Waals surface area (Å²) in [6.07, 6.45) is 6.88.